The maximum absolute atomic E-state index is 11.3. The van der Waals surface area contributed by atoms with E-state index in [0.717, 1.165) is 12.0 Å². The zero-order chi connectivity index (χ0) is 10.8. The molecule has 1 aliphatic rings. The standard InChI is InChI=1S/C8H5NO5S/c10-7-5-3-4(15-14-13-12)1-2-6(5)9-8(7)11/h1-3,12H,(H,9,10,11). The van der Waals surface area contributed by atoms with Crippen molar-refractivity contribution in [2.24, 2.45) is 0 Å². The molecule has 0 bridgehead atoms. The van der Waals surface area contributed by atoms with Crippen LogP contribution in [0.3, 0.4) is 0 Å². The predicted octanol–water partition coefficient (Wildman–Crippen LogP) is 1.25. The molecule has 1 aromatic rings. The molecule has 0 aromatic heterocycles. The predicted molar refractivity (Wildman–Crippen MR) is 50.1 cm³/mol. The SMILES string of the molecule is O=C1Nc2ccc(SOOO)cc2C1=O. The van der Waals surface area contributed by atoms with Gasteiger partial charge >= 0.3 is 0 Å². The van der Waals surface area contributed by atoms with Crippen LogP contribution in [0.25, 0.3) is 0 Å². The number of nitrogens with one attached hydrogen (secondary N) is 1. The summed E-state index contributed by atoms with van der Waals surface area (Å²) in [7, 11) is 0. The fourth-order valence-corrected chi connectivity index (χ4v) is 1.63. The largest absolute Gasteiger partial charge is 0.318 e. The van der Waals surface area contributed by atoms with Gasteiger partial charge in [-0.05, 0) is 18.2 Å². The molecule has 15 heavy (non-hydrogen) atoms. The van der Waals surface area contributed by atoms with E-state index in [-0.39, 0.29) is 5.56 Å². The molecule has 0 saturated carbocycles. The number of rotatable bonds is 3. The Labute approximate surface area is 88.2 Å². The van der Waals surface area contributed by atoms with Gasteiger partial charge in [0.25, 0.3) is 11.7 Å². The van der Waals surface area contributed by atoms with Gasteiger partial charge in [0.05, 0.1) is 23.3 Å². The first kappa shape index (κ1) is 10.1. The number of amides is 1. The lowest BCUT2D eigenvalue weighted by atomic mass is 10.1. The molecular formula is C8H5NO5S. The van der Waals surface area contributed by atoms with E-state index in [9.17, 15) is 9.59 Å². The van der Waals surface area contributed by atoms with Crippen molar-refractivity contribution >= 4 is 29.4 Å². The number of benzene rings is 1. The topological polar surface area (TPSA) is 84.9 Å². The van der Waals surface area contributed by atoms with Crippen LogP contribution in [-0.4, -0.2) is 16.9 Å². The van der Waals surface area contributed by atoms with Crippen LogP contribution in [0.5, 0.6) is 0 Å². The minimum absolute atomic E-state index is 0.284. The zero-order valence-corrected chi connectivity index (χ0v) is 8.04. The Hall–Kier alpha value is -1.41. The Morgan fingerprint density at radius 2 is 2.13 bits per heavy atom. The van der Waals surface area contributed by atoms with Gasteiger partial charge in [-0.1, -0.05) is 5.04 Å². The third-order valence-electron chi connectivity index (χ3n) is 1.85. The first-order chi connectivity index (χ1) is 7.22. The molecule has 2 rings (SSSR count). The lowest BCUT2D eigenvalue weighted by Crippen LogP contribution is -2.12. The molecule has 7 heteroatoms. The third-order valence-corrected chi connectivity index (χ3v) is 2.43. The van der Waals surface area contributed by atoms with Crippen LogP contribution in [0.2, 0.25) is 0 Å². The lowest BCUT2D eigenvalue weighted by molar-refractivity contribution is -0.432. The van der Waals surface area contributed by atoms with E-state index in [4.69, 9.17) is 5.26 Å². The highest BCUT2D eigenvalue weighted by Gasteiger charge is 2.27. The minimum atomic E-state index is -0.647. The molecule has 0 atom stereocenters. The van der Waals surface area contributed by atoms with Crippen molar-refractivity contribution in [1.29, 1.82) is 0 Å². The summed E-state index contributed by atoms with van der Waals surface area (Å²) in [5.74, 6) is -1.23. The van der Waals surface area contributed by atoms with E-state index in [1.54, 1.807) is 12.1 Å². The molecule has 0 spiro atoms. The van der Waals surface area contributed by atoms with Gasteiger partial charge in [0.2, 0.25) is 0 Å². The van der Waals surface area contributed by atoms with Gasteiger partial charge in [-0.3, -0.25) is 9.59 Å². The Kier molecular flexibility index (Phi) is 2.69. The van der Waals surface area contributed by atoms with Gasteiger partial charge in [0.1, 0.15) is 0 Å². The lowest BCUT2D eigenvalue weighted by Gasteiger charge is -1.99. The summed E-state index contributed by atoms with van der Waals surface area (Å²) in [6, 6.07) is 4.65. The second-order valence-corrected chi connectivity index (χ2v) is 3.49. The van der Waals surface area contributed by atoms with E-state index < -0.39 is 11.7 Å². The number of hydrogen-bond donors (Lipinski definition) is 2. The van der Waals surface area contributed by atoms with Crippen molar-refractivity contribution in [2.75, 3.05) is 5.32 Å². The van der Waals surface area contributed by atoms with E-state index in [1.165, 1.54) is 6.07 Å². The second kappa shape index (κ2) is 3.99. The van der Waals surface area contributed by atoms with Gasteiger partial charge < -0.3 is 5.32 Å². The van der Waals surface area contributed by atoms with Gasteiger partial charge in [0.15, 0.2) is 0 Å². The van der Waals surface area contributed by atoms with Crippen LogP contribution in [0.4, 0.5) is 5.69 Å². The van der Waals surface area contributed by atoms with Crippen LogP contribution in [0.15, 0.2) is 23.1 Å². The molecule has 1 amide bonds. The summed E-state index contributed by atoms with van der Waals surface area (Å²) < 4.78 is 4.20. The van der Waals surface area contributed by atoms with Crippen LogP contribution < -0.4 is 5.32 Å². The molecule has 2 N–H and O–H groups in total. The molecule has 6 nitrogen and oxygen atoms in total. The summed E-state index contributed by atoms with van der Waals surface area (Å²) >= 11 is 0.726. The van der Waals surface area contributed by atoms with Crippen molar-refractivity contribution in [2.45, 2.75) is 4.90 Å². The molecule has 78 valence electrons. The molecular weight excluding hydrogens is 222 g/mol. The van der Waals surface area contributed by atoms with Crippen LogP contribution >= 0.6 is 12.0 Å². The molecule has 0 unspecified atom stereocenters. The number of fused-ring (bicyclic) bond motifs is 1. The second-order valence-electron chi connectivity index (χ2n) is 2.72. The van der Waals surface area contributed by atoms with Gasteiger partial charge in [-0.2, -0.15) is 0 Å². The molecule has 0 saturated heterocycles. The third kappa shape index (κ3) is 1.85. The number of anilines is 1. The van der Waals surface area contributed by atoms with E-state index >= 15 is 0 Å². The molecule has 1 aliphatic heterocycles. The fraction of sp³-hybridized carbons (Fsp3) is 0. The van der Waals surface area contributed by atoms with Crippen LogP contribution in [0, 0.1) is 0 Å². The van der Waals surface area contributed by atoms with Crippen molar-refractivity contribution in [3.63, 3.8) is 0 Å². The van der Waals surface area contributed by atoms with Gasteiger partial charge in [-0.25, -0.2) is 5.26 Å². The Bertz CT molecular complexity index is 433. The highest BCUT2D eigenvalue weighted by molar-refractivity contribution is 7.94. The van der Waals surface area contributed by atoms with E-state index in [0.29, 0.717) is 10.6 Å². The highest BCUT2D eigenvalue weighted by Crippen LogP contribution is 2.28. The quantitative estimate of drug-likeness (QED) is 0.350. The number of Topliss-reactive ketones (excluding diaryl/α,β-unsaturated/α-hetero) is 1. The Balaban J connectivity index is 2.27. The number of carbonyl (C=O) groups is 2. The summed E-state index contributed by atoms with van der Waals surface area (Å²) in [5.41, 5.74) is 0.755. The molecule has 1 heterocycles. The monoisotopic (exact) mass is 227 g/mol. The summed E-state index contributed by atoms with van der Waals surface area (Å²) in [6.07, 6.45) is 0. The summed E-state index contributed by atoms with van der Waals surface area (Å²) in [6.45, 7) is 0. The zero-order valence-electron chi connectivity index (χ0n) is 7.22. The van der Waals surface area contributed by atoms with Gasteiger partial charge in [-0.15, -0.1) is 4.33 Å². The van der Waals surface area contributed by atoms with Crippen LogP contribution in [-0.2, 0) is 14.2 Å². The van der Waals surface area contributed by atoms with Crippen molar-refractivity contribution in [1.82, 2.24) is 0 Å². The highest BCUT2D eigenvalue weighted by atomic mass is 32.2. The van der Waals surface area contributed by atoms with Crippen molar-refractivity contribution < 1.29 is 24.2 Å². The van der Waals surface area contributed by atoms with E-state index in [1.807, 2.05) is 0 Å². The average molecular weight is 227 g/mol. The first-order valence-corrected chi connectivity index (χ1v) is 4.61. The number of hydrogen-bond acceptors (Lipinski definition) is 6. The normalized spacial score (nSPS) is 13.9. The van der Waals surface area contributed by atoms with Crippen molar-refractivity contribution in [3.05, 3.63) is 23.8 Å². The molecule has 0 radical (unpaired) electrons. The minimum Gasteiger partial charge on any atom is -0.318 e. The maximum atomic E-state index is 11.3. The fourth-order valence-electron chi connectivity index (χ4n) is 1.23. The maximum Gasteiger partial charge on any atom is 0.296 e. The Morgan fingerprint density at radius 1 is 1.33 bits per heavy atom. The molecule has 0 fully saturated rings. The molecule has 0 aliphatic carbocycles. The number of carbonyl (C=O) groups excluding carboxylic acids is 2. The van der Waals surface area contributed by atoms with Gasteiger partial charge in [0, 0.05) is 4.90 Å². The van der Waals surface area contributed by atoms with Crippen LogP contribution in [0.1, 0.15) is 10.4 Å². The smallest absolute Gasteiger partial charge is 0.296 e. The van der Waals surface area contributed by atoms with E-state index in [2.05, 4.69) is 14.7 Å². The molecule has 1 aromatic carbocycles. The Morgan fingerprint density at radius 3 is 2.87 bits per heavy atom. The first-order valence-electron chi connectivity index (χ1n) is 3.87. The summed E-state index contributed by atoms with van der Waals surface area (Å²) in [4.78, 5) is 22.8. The van der Waals surface area contributed by atoms with Crippen molar-refractivity contribution in [3.8, 4) is 0 Å². The average Bonchev–Trinajstić information content (AvgIpc) is 2.52. The summed E-state index contributed by atoms with van der Waals surface area (Å²) in [5, 5.41) is 13.8. The number of ketones is 1.